The first-order chi connectivity index (χ1) is 15.5. The molecule has 8 heteroatoms. The molecule has 1 fully saturated rings. The van der Waals surface area contributed by atoms with Crippen LogP contribution >= 0.6 is 0 Å². The van der Waals surface area contributed by atoms with E-state index in [2.05, 4.69) is 15.3 Å². The van der Waals surface area contributed by atoms with Gasteiger partial charge < -0.3 is 15.0 Å². The van der Waals surface area contributed by atoms with Gasteiger partial charge in [0, 0.05) is 38.1 Å². The van der Waals surface area contributed by atoms with Gasteiger partial charge in [-0.3, -0.25) is 4.79 Å². The number of benzene rings is 2. The van der Waals surface area contributed by atoms with Gasteiger partial charge in [0.15, 0.2) is 5.82 Å². The van der Waals surface area contributed by atoms with E-state index in [4.69, 9.17) is 4.74 Å². The lowest BCUT2D eigenvalue weighted by Gasteiger charge is -2.33. The van der Waals surface area contributed by atoms with Gasteiger partial charge in [0.1, 0.15) is 17.4 Å². The molecule has 6 nitrogen and oxygen atoms in total. The maximum absolute atomic E-state index is 13.4. The molecule has 0 spiro atoms. The van der Waals surface area contributed by atoms with Crippen molar-refractivity contribution in [1.82, 2.24) is 15.3 Å². The summed E-state index contributed by atoms with van der Waals surface area (Å²) in [6, 6.07) is 10.9. The van der Waals surface area contributed by atoms with E-state index in [1.165, 1.54) is 12.1 Å². The van der Waals surface area contributed by atoms with E-state index in [0.717, 1.165) is 24.6 Å². The second kappa shape index (κ2) is 9.72. The number of para-hydroxylation sites is 1. The van der Waals surface area contributed by atoms with Gasteiger partial charge in [0.25, 0.3) is 5.88 Å². The molecule has 166 valence electrons. The normalized spacial score (nSPS) is 16.0. The van der Waals surface area contributed by atoms with Crippen LogP contribution in [0.3, 0.4) is 0 Å². The molecule has 1 amide bonds. The number of carbonyl (C=O) groups is 1. The Morgan fingerprint density at radius 3 is 2.69 bits per heavy atom. The van der Waals surface area contributed by atoms with Gasteiger partial charge in [0.2, 0.25) is 5.91 Å². The summed E-state index contributed by atoms with van der Waals surface area (Å²) >= 11 is 0. The molecular weight excluding hydrogens is 414 g/mol. The number of amides is 1. The number of halogens is 2. The molecule has 32 heavy (non-hydrogen) atoms. The fourth-order valence-corrected chi connectivity index (χ4v) is 3.81. The van der Waals surface area contributed by atoms with Gasteiger partial charge in [-0.15, -0.1) is 0 Å². The summed E-state index contributed by atoms with van der Waals surface area (Å²) < 4.78 is 32.8. The number of carbonyl (C=O) groups excluding carboxylic acids is 1. The lowest BCUT2D eigenvalue weighted by Crippen LogP contribution is -2.43. The van der Waals surface area contributed by atoms with Crippen molar-refractivity contribution in [2.45, 2.75) is 26.3 Å². The number of aryl methyl sites for hydroxylation is 1. The van der Waals surface area contributed by atoms with Crippen molar-refractivity contribution in [3.05, 3.63) is 77.6 Å². The third-order valence-electron chi connectivity index (χ3n) is 5.43. The molecule has 0 saturated carbocycles. The predicted molar refractivity (Wildman–Crippen MR) is 116 cm³/mol. The quantitative estimate of drug-likeness (QED) is 0.618. The Labute approximate surface area is 185 Å². The highest BCUT2D eigenvalue weighted by atomic mass is 19.1. The average molecular weight is 438 g/mol. The molecular formula is C24H24F2N4O2. The van der Waals surface area contributed by atoms with Gasteiger partial charge in [-0.1, -0.05) is 18.2 Å². The summed E-state index contributed by atoms with van der Waals surface area (Å²) in [6.07, 6.45) is 4.69. The highest BCUT2D eigenvalue weighted by molar-refractivity contribution is 5.79. The van der Waals surface area contributed by atoms with Crippen LogP contribution in [0.2, 0.25) is 0 Å². The van der Waals surface area contributed by atoms with E-state index in [0.29, 0.717) is 36.0 Å². The number of nitrogens with one attached hydrogen (secondary N) is 1. The highest BCUT2D eigenvalue weighted by Gasteiger charge is 2.28. The molecule has 1 atom stereocenters. The number of aromatic nitrogens is 2. The van der Waals surface area contributed by atoms with Gasteiger partial charge in [0.05, 0.1) is 5.92 Å². The second-order valence-electron chi connectivity index (χ2n) is 7.83. The molecule has 1 saturated heterocycles. The first kappa shape index (κ1) is 21.7. The average Bonchev–Trinajstić information content (AvgIpc) is 2.79. The zero-order valence-corrected chi connectivity index (χ0v) is 17.7. The lowest BCUT2D eigenvalue weighted by atomic mass is 9.97. The number of nitrogens with zero attached hydrogens (tertiary/aromatic N) is 3. The molecule has 3 aromatic rings. The lowest BCUT2D eigenvalue weighted by molar-refractivity contribution is -0.125. The molecule has 1 aliphatic heterocycles. The summed E-state index contributed by atoms with van der Waals surface area (Å²) in [4.78, 5) is 23.6. The van der Waals surface area contributed by atoms with Crippen LogP contribution in [-0.2, 0) is 11.3 Å². The largest absolute Gasteiger partial charge is 0.436 e. The van der Waals surface area contributed by atoms with Crippen molar-refractivity contribution in [2.24, 2.45) is 5.92 Å². The van der Waals surface area contributed by atoms with E-state index in [1.807, 2.05) is 36.1 Å². The Kier molecular flexibility index (Phi) is 6.58. The molecule has 1 N–H and O–H groups in total. The van der Waals surface area contributed by atoms with Crippen molar-refractivity contribution in [2.75, 3.05) is 18.0 Å². The minimum atomic E-state index is -0.665. The summed E-state index contributed by atoms with van der Waals surface area (Å²) in [6.45, 7) is 3.20. The van der Waals surface area contributed by atoms with E-state index in [1.54, 1.807) is 12.4 Å². The van der Waals surface area contributed by atoms with Gasteiger partial charge in [-0.2, -0.15) is 0 Å². The van der Waals surface area contributed by atoms with E-state index < -0.39 is 11.6 Å². The van der Waals surface area contributed by atoms with Crippen molar-refractivity contribution >= 4 is 11.7 Å². The summed E-state index contributed by atoms with van der Waals surface area (Å²) in [5.41, 5.74) is 1.36. The maximum Gasteiger partial charge on any atom is 0.263 e. The van der Waals surface area contributed by atoms with Crippen LogP contribution in [0.15, 0.2) is 54.9 Å². The van der Waals surface area contributed by atoms with Crippen LogP contribution in [0.25, 0.3) is 0 Å². The van der Waals surface area contributed by atoms with Crippen molar-refractivity contribution in [3.63, 3.8) is 0 Å². The molecule has 1 aromatic heterocycles. The second-order valence-corrected chi connectivity index (χ2v) is 7.83. The maximum atomic E-state index is 13.4. The summed E-state index contributed by atoms with van der Waals surface area (Å²) in [5, 5.41) is 2.79. The van der Waals surface area contributed by atoms with Crippen molar-refractivity contribution in [3.8, 4) is 11.6 Å². The fraction of sp³-hybridized carbons (Fsp3) is 0.292. The standard InChI is InChI=1S/C24H24F2N4O2/c1-16-5-2-3-7-21(16)32-24-22(27-8-9-28-24)30-10-4-6-18(15-30)23(31)29-14-17-11-19(25)13-20(26)12-17/h2-3,5,7-9,11-13,18H,4,6,10,14-15H2,1H3,(H,29,31). The number of rotatable bonds is 6. The van der Waals surface area contributed by atoms with Crippen molar-refractivity contribution < 1.29 is 18.3 Å². The number of hydrogen-bond donors (Lipinski definition) is 1. The molecule has 1 unspecified atom stereocenters. The minimum absolute atomic E-state index is 0.0663. The molecule has 0 radical (unpaired) electrons. The first-order valence-corrected chi connectivity index (χ1v) is 10.5. The summed E-state index contributed by atoms with van der Waals surface area (Å²) in [7, 11) is 0. The molecule has 0 bridgehead atoms. The monoisotopic (exact) mass is 438 g/mol. The van der Waals surface area contributed by atoms with Crippen LogP contribution in [-0.4, -0.2) is 29.0 Å². The van der Waals surface area contributed by atoms with E-state index in [9.17, 15) is 13.6 Å². The molecule has 4 rings (SSSR count). The Hall–Kier alpha value is -3.55. The predicted octanol–water partition coefficient (Wildman–Crippen LogP) is 4.39. The van der Waals surface area contributed by atoms with E-state index in [-0.39, 0.29) is 18.4 Å². The third kappa shape index (κ3) is 5.19. The van der Waals surface area contributed by atoms with Crippen LogP contribution < -0.4 is 15.0 Å². The summed E-state index contributed by atoms with van der Waals surface area (Å²) in [5.74, 6) is -0.106. The number of ether oxygens (including phenoxy) is 1. The molecule has 0 aliphatic carbocycles. The Bertz CT molecular complexity index is 1090. The first-order valence-electron chi connectivity index (χ1n) is 10.5. The third-order valence-corrected chi connectivity index (χ3v) is 5.43. The number of anilines is 1. The number of piperidine rings is 1. The van der Waals surface area contributed by atoms with Gasteiger partial charge in [-0.25, -0.2) is 18.7 Å². The highest BCUT2D eigenvalue weighted by Crippen LogP contribution is 2.32. The Morgan fingerprint density at radius 2 is 1.91 bits per heavy atom. The zero-order valence-electron chi connectivity index (χ0n) is 17.7. The topological polar surface area (TPSA) is 67.4 Å². The van der Waals surface area contributed by atoms with Gasteiger partial charge in [-0.05, 0) is 49.1 Å². The van der Waals surface area contributed by atoms with Gasteiger partial charge >= 0.3 is 0 Å². The molecule has 1 aliphatic rings. The van der Waals surface area contributed by atoms with Crippen molar-refractivity contribution in [1.29, 1.82) is 0 Å². The zero-order chi connectivity index (χ0) is 22.5. The van der Waals surface area contributed by atoms with Crippen LogP contribution in [0.5, 0.6) is 11.6 Å². The molecule has 2 heterocycles. The minimum Gasteiger partial charge on any atom is -0.436 e. The smallest absolute Gasteiger partial charge is 0.263 e. The van der Waals surface area contributed by atoms with E-state index >= 15 is 0 Å². The molecule has 2 aromatic carbocycles. The van der Waals surface area contributed by atoms with Crippen LogP contribution in [0.4, 0.5) is 14.6 Å². The Balaban J connectivity index is 1.44. The Morgan fingerprint density at radius 1 is 1.16 bits per heavy atom. The van der Waals surface area contributed by atoms with Crippen LogP contribution in [0.1, 0.15) is 24.0 Å². The van der Waals surface area contributed by atoms with Crippen LogP contribution in [0, 0.1) is 24.5 Å². The number of hydrogen-bond acceptors (Lipinski definition) is 5. The SMILES string of the molecule is Cc1ccccc1Oc1nccnc1N1CCCC(C(=O)NCc2cc(F)cc(F)c2)C1. The fourth-order valence-electron chi connectivity index (χ4n) is 3.81.